The number of nitrogens with zero attached hydrogens (tertiary/aromatic N) is 1. The average Bonchev–Trinajstić information content (AvgIpc) is 2.73. The summed E-state index contributed by atoms with van der Waals surface area (Å²) in [5, 5.41) is 9.27. The van der Waals surface area contributed by atoms with Gasteiger partial charge in [-0.2, -0.15) is 0 Å². The number of aromatic carboxylic acids is 1. The van der Waals surface area contributed by atoms with Gasteiger partial charge >= 0.3 is 5.97 Å². The van der Waals surface area contributed by atoms with Gasteiger partial charge in [0.2, 0.25) is 11.7 Å². The molecule has 0 saturated heterocycles. The van der Waals surface area contributed by atoms with Crippen LogP contribution in [-0.4, -0.2) is 16.1 Å². The first-order valence-corrected chi connectivity index (χ1v) is 5.56. The molecule has 7 heteroatoms. The maximum Gasteiger partial charge on any atom is 0.374 e. The summed E-state index contributed by atoms with van der Waals surface area (Å²) in [6, 6.07) is 4.67. The van der Waals surface area contributed by atoms with Gasteiger partial charge in [0, 0.05) is 10.6 Å². The fourth-order valence-corrected chi connectivity index (χ4v) is 1.84. The number of carboxylic acid groups (broad SMARTS) is 1. The topological polar surface area (TPSA) is 63.3 Å². The highest BCUT2D eigenvalue weighted by Gasteiger charge is 2.27. The third-order valence-electron chi connectivity index (χ3n) is 2.47. The Morgan fingerprint density at radius 2 is 2.16 bits per heavy atom. The zero-order valence-corrected chi connectivity index (χ0v) is 10.4. The lowest BCUT2D eigenvalue weighted by molar-refractivity contribution is 0.0647. The van der Waals surface area contributed by atoms with Gasteiger partial charge in [-0.05, 0) is 30.7 Å². The molecular weight excluding hydrogens is 280 g/mol. The van der Waals surface area contributed by atoms with E-state index in [4.69, 9.17) is 21.1 Å². The second kappa shape index (κ2) is 4.97. The molecule has 1 aromatic carbocycles. The van der Waals surface area contributed by atoms with Gasteiger partial charge in [-0.15, -0.1) is 0 Å². The zero-order chi connectivity index (χ0) is 14.2. The highest BCUT2D eigenvalue weighted by molar-refractivity contribution is 6.30. The van der Waals surface area contributed by atoms with E-state index in [1.165, 1.54) is 12.1 Å². The summed E-state index contributed by atoms with van der Waals surface area (Å²) < 4.78 is 30.3. The molecule has 2 rings (SSSR count). The molecule has 1 N–H and O–H groups in total. The van der Waals surface area contributed by atoms with E-state index in [2.05, 4.69) is 4.98 Å². The first-order valence-electron chi connectivity index (χ1n) is 5.19. The van der Waals surface area contributed by atoms with Crippen LogP contribution < -0.4 is 0 Å². The first kappa shape index (κ1) is 13.5. The van der Waals surface area contributed by atoms with Crippen LogP contribution in [0.15, 0.2) is 22.6 Å². The van der Waals surface area contributed by atoms with Gasteiger partial charge in [-0.25, -0.2) is 18.6 Å². The highest BCUT2D eigenvalue weighted by Crippen LogP contribution is 2.30. The molecule has 2 aromatic rings. The summed E-state index contributed by atoms with van der Waals surface area (Å²) >= 11 is 5.78. The lowest BCUT2D eigenvalue weighted by Crippen LogP contribution is -1.99. The van der Waals surface area contributed by atoms with Gasteiger partial charge in [0.15, 0.2) is 5.69 Å². The molecule has 100 valence electrons. The molecule has 19 heavy (non-hydrogen) atoms. The summed E-state index contributed by atoms with van der Waals surface area (Å²) in [5.41, 5.74) is 0.183. The summed E-state index contributed by atoms with van der Waals surface area (Å²) in [6.45, 7) is 1.69. The molecule has 1 heterocycles. The number of hydrogen-bond donors (Lipinski definition) is 1. The Bertz CT molecular complexity index is 640. The normalized spacial score (nSPS) is 11.0. The molecule has 0 aliphatic rings. The van der Waals surface area contributed by atoms with Crippen LogP contribution in [0.4, 0.5) is 8.78 Å². The number of halogens is 3. The molecule has 0 atom stereocenters. The van der Waals surface area contributed by atoms with Gasteiger partial charge in [0.25, 0.3) is 6.43 Å². The minimum atomic E-state index is -3.02. The van der Waals surface area contributed by atoms with Crippen LogP contribution in [0, 0.1) is 6.92 Å². The second-order valence-electron chi connectivity index (χ2n) is 3.80. The maximum atomic E-state index is 12.7. The van der Waals surface area contributed by atoms with Crippen LogP contribution in [0.2, 0.25) is 5.02 Å². The summed E-state index contributed by atoms with van der Waals surface area (Å²) in [4.78, 5) is 14.4. The maximum absolute atomic E-state index is 12.7. The SMILES string of the molecule is Cc1cc(Cl)ccc1-c1nc(C(F)F)c(C(=O)O)o1. The lowest BCUT2D eigenvalue weighted by atomic mass is 10.1. The van der Waals surface area contributed by atoms with Crippen molar-refractivity contribution in [3.63, 3.8) is 0 Å². The summed E-state index contributed by atoms with van der Waals surface area (Å²) in [5.74, 6) is -2.60. The number of hydrogen-bond acceptors (Lipinski definition) is 3. The standard InChI is InChI=1S/C12H8ClF2NO3/c1-5-4-6(13)2-3-7(5)11-16-8(10(14)15)9(19-11)12(17)18/h2-4,10H,1H3,(H,17,18). The van der Waals surface area contributed by atoms with Crippen molar-refractivity contribution in [2.24, 2.45) is 0 Å². The predicted molar refractivity (Wildman–Crippen MR) is 63.6 cm³/mol. The highest BCUT2D eigenvalue weighted by atomic mass is 35.5. The molecule has 4 nitrogen and oxygen atoms in total. The van der Waals surface area contributed by atoms with Crippen LogP contribution in [-0.2, 0) is 0 Å². The average molecular weight is 288 g/mol. The number of aryl methyl sites for hydroxylation is 1. The van der Waals surface area contributed by atoms with Crippen LogP contribution in [0.3, 0.4) is 0 Å². The van der Waals surface area contributed by atoms with Crippen molar-refractivity contribution in [1.82, 2.24) is 4.98 Å². The zero-order valence-electron chi connectivity index (χ0n) is 9.65. The minimum Gasteiger partial charge on any atom is -0.475 e. The van der Waals surface area contributed by atoms with Gasteiger partial charge in [0.05, 0.1) is 0 Å². The van der Waals surface area contributed by atoms with Crippen molar-refractivity contribution in [3.8, 4) is 11.5 Å². The van der Waals surface area contributed by atoms with E-state index < -0.39 is 23.8 Å². The monoisotopic (exact) mass is 287 g/mol. The molecule has 0 unspecified atom stereocenters. The quantitative estimate of drug-likeness (QED) is 0.928. The van der Waals surface area contributed by atoms with Crippen molar-refractivity contribution in [1.29, 1.82) is 0 Å². The Hall–Kier alpha value is -1.95. The van der Waals surface area contributed by atoms with Crippen molar-refractivity contribution in [2.75, 3.05) is 0 Å². The van der Waals surface area contributed by atoms with Gasteiger partial charge in [-0.1, -0.05) is 11.6 Å². The smallest absolute Gasteiger partial charge is 0.374 e. The number of alkyl halides is 2. The van der Waals surface area contributed by atoms with E-state index in [0.29, 0.717) is 16.1 Å². The second-order valence-corrected chi connectivity index (χ2v) is 4.23. The van der Waals surface area contributed by atoms with E-state index in [-0.39, 0.29) is 5.89 Å². The summed E-state index contributed by atoms with van der Waals surface area (Å²) in [6.07, 6.45) is -3.02. The number of benzene rings is 1. The Kier molecular flexibility index (Phi) is 3.53. The Morgan fingerprint density at radius 1 is 1.47 bits per heavy atom. The molecule has 0 fully saturated rings. The minimum absolute atomic E-state index is 0.165. The van der Waals surface area contributed by atoms with Crippen LogP contribution in [0.1, 0.15) is 28.2 Å². The number of carboxylic acids is 1. The largest absolute Gasteiger partial charge is 0.475 e. The van der Waals surface area contributed by atoms with E-state index in [1.54, 1.807) is 13.0 Å². The molecule has 0 aliphatic heterocycles. The number of oxazole rings is 1. The first-order chi connectivity index (χ1) is 8.90. The number of carbonyl (C=O) groups is 1. The number of rotatable bonds is 3. The van der Waals surface area contributed by atoms with Crippen molar-refractivity contribution >= 4 is 17.6 Å². The fraction of sp³-hybridized carbons (Fsp3) is 0.167. The van der Waals surface area contributed by atoms with Gasteiger partial charge < -0.3 is 9.52 Å². The molecule has 0 aliphatic carbocycles. The van der Waals surface area contributed by atoms with Crippen LogP contribution >= 0.6 is 11.6 Å². The molecule has 0 saturated carbocycles. The molecular formula is C12H8ClF2NO3. The third-order valence-corrected chi connectivity index (χ3v) is 2.71. The van der Waals surface area contributed by atoms with E-state index in [1.807, 2.05) is 0 Å². The predicted octanol–water partition coefficient (Wildman–Crippen LogP) is 3.94. The molecule has 0 bridgehead atoms. The molecule has 0 spiro atoms. The van der Waals surface area contributed by atoms with Crippen molar-refractivity contribution in [2.45, 2.75) is 13.3 Å². The van der Waals surface area contributed by atoms with Crippen molar-refractivity contribution in [3.05, 3.63) is 40.2 Å². The Labute approximate surface area is 111 Å². The summed E-state index contributed by atoms with van der Waals surface area (Å²) in [7, 11) is 0. The van der Waals surface area contributed by atoms with Gasteiger partial charge in [0.1, 0.15) is 0 Å². The van der Waals surface area contributed by atoms with Crippen LogP contribution in [0.5, 0.6) is 0 Å². The molecule has 1 aromatic heterocycles. The third kappa shape index (κ3) is 2.58. The van der Waals surface area contributed by atoms with Gasteiger partial charge in [-0.3, -0.25) is 0 Å². The van der Waals surface area contributed by atoms with Crippen molar-refractivity contribution < 1.29 is 23.1 Å². The van der Waals surface area contributed by atoms with E-state index in [0.717, 1.165) is 0 Å². The lowest BCUT2D eigenvalue weighted by Gasteiger charge is -2.01. The van der Waals surface area contributed by atoms with Crippen LogP contribution in [0.25, 0.3) is 11.5 Å². The fourth-order valence-electron chi connectivity index (χ4n) is 1.62. The molecule has 0 amide bonds. The van der Waals surface area contributed by atoms with E-state index in [9.17, 15) is 13.6 Å². The number of aromatic nitrogens is 1. The molecule has 0 radical (unpaired) electrons. The Morgan fingerprint density at radius 3 is 2.63 bits per heavy atom. The van der Waals surface area contributed by atoms with E-state index >= 15 is 0 Å². The Balaban J connectivity index is 2.57.